The van der Waals surface area contributed by atoms with Gasteiger partial charge in [-0.3, -0.25) is 4.79 Å². The summed E-state index contributed by atoms with van der Waals surface area (Å²) in [7, 11) is 1.71. The monoisotopic (exact) mass is 214 g/mol. The summed E-state index contributed by atoms with van der Waals surface area (Å²) < 4.78 is 0. The van der Waals surface area contributed by atoms with Crippen LogP contribution in [0.25, 0.3) is 0 Å². The molecule has 0 bridgehead atoms. The standard InChI is InChI=1S/C11H22N2O2/c1-13(7-8-14)10(15)9-11(12)5-3-2-4-6-11/h14H,2-9,12H2,1H3. The van der Waals surface area contributed by atoms with E-state index >= 15 is 0 Å². The predicted molar refractivity (Wildman–Crippen MR) is 59.3 cm³/mol. The van der Waals surface area contributed by atoms with Crippen LogP contribution in [0.5, 0.6) is 0 Å². The number of hydrogen-bond donors (Lipinski definition) is 2. The third-order valence-electron chi connectivity index (χ3n) is 3.21. The molecule has 1 aliphatic rings. The Morgan fingerprint density at radius 2 is 2.00 bits per heavy atom. The van der Waals surface area contributed by atoms with Crippen LogP contribution in [-0.4, -0.2) is 41.7 Å². The lowest BCUT2D eigenvalue weighted by Crippen LogP contribution is -2.46. The molecule has 4 nitrogen and oxygen atoms in total. The van der Waals surface area contributed by atoms with Crippen LogP contribution in [0, 0.1) is 0 Å². The average Bonchev–Trinajstić information content (AvgIpc) is 2.18. The van der Waals surface area contributed by atoms with Crippen molar-refractivity contribution in [1.82, 2.24) is 4.90 Å². The molecular formula is C11H22N2O2. The molecular weight excluding hydrogens is 192 g/mol. The van der Waals surface area contributed by atoms with Crippen LogP contribution in [0.3, 0.4) is 0 Å². The Morgan fingerprint density at radius 3 is 2.53 bits per heavy atom. The molecule has 0 unspecified atom stereocenters. The molecule has 4 heteroatoms. The molecule has 0 aromatic heterocycles. The van der Waals surface area contributed by atoms with Gasteiger partial charge >= 0.3 is 0 Å². The maximum Gasteiger partial charge on any atom is 0.224 e. The summed E-state index contributed by atoms with van der Waals surface area (Å²) in [6.07, 6.45) is 5.82. The third-order valence-corrected chi connectivity index (χ3v) is 3.21. The second-order valence-corrected chi connectivity index (χ2v) is 4.64. The first kappa shape index (κ1) is 12.5. The lowest BCUT2D eigenvalue weighted by Gasteiger charge is -2.34. The van der Waals surface area contributed by atoms with Gasteiger partial charge in [0.25, 0.3) is 0 Å². The normalized spacial score (nSPS) is 19.9. The van der Waals surface area contributed by atoms with Crippen molar-refractivity contribution in [2.45, 2.75) is 44.1 Å². The van der Waals surface area contributed by atoms with E-state index in [4.69, 9.17) is 10.8 Å². The fraction of sp³-hybridized carbons (Fsp3) is 0.909. The van der Waals surface area contributed by atoms with Crippen LogP contribution in [0.1, 0.15) is 38.5 Å². The lowest BCUT2D eigenvalue weighted by atomic mass is 9.80. The van der Waals surface area contributed by atoms with Gasteiger partial charge in [0.05, 0.1) is 6.61 Å². The van der Waals surface area contributed by atoms with E-state index < -0.39 is 0 Å². The van der Waals surface area contributed by atoms with Crippen molar-refractivity contribution >= 4 is 5.91 Å². The van der Waals surface area contributed by atoms with Gasteiger partial charge in [-0.15, -0.1) is 0 Å². The molecule has 0 spiro atoms. The zero-order valence-electron chi connectivity index (χ0n) is 9.54. The highest BCUT2D eigenvalue weighted by Gasteiger charge is 2.30. The number of hydrogen-bond acceptors (Lipinski definition) is 3. The third kappa shape index (κ3) is 3.80. The van der Waals surface area contributed by atoms with Crippen LogP contribution < -0.4 is 5.73 Å². The molecule has 0 saturated heterocycles. The Balaban J connectivity index is 2.41. The molecule has 1 amide bonds. The van der Waals surface area contributed by atoms with E-state index in [9.17, 15) is 4.79 Å². The second-order valence-electron chi connectivity index (χ2n) is 4.64. The van der Waals surface area contributed by atoms with Crippen LogP contribution in [0.2, 0.25) is 0 Å². The smallest absolute Gasteiger partial charge is 0.224 e. The van der Waals surface area contributed by atoms with Crippen molar-refractivity contribution in [2.75, 3.05) is 20.2 Å². The zero-order valence-corrected chi connectivity index (χ0v) is 9.54. The number of amides is 1. The van der Waals surface area contributed by atoms with Gasteiger partial charge in [0, 0.05) is 25.6 Å². The average molecular weight is 214 g/mol. The molecule has 3 N–H and O–H groups in total. The Morgan fingerprint density at radius 1 is 1.40 bits per heavy atom. The second kappa shape index (κ2) is 5.47. The molecule has 0 aliphatic heterocycles. The van der Waals surface area contributed by atoms with Gasteiger partial charge in [-0.25, -0.2) is 0 Å². The number of aliphatic hydroxyl groups is 1. The number of nitrogens with two attached hydrogens (primary N) is 1. The van der Waals surface area contributed by atoms with E-state index in [0.717, 1.165) is 25.7 Å². The number of nitrogens with zero attached hydrogens (tertiary/aromatic N) is 1. The van der Waals surface area contributed by atoms with Crippen molar-refractivity contribution in [1.29, 1.82) is 0 Å². The van der Waals surface area contributed by atoms with E-state index in [1.807, 2.05) is 0 Å². The highest BCUT2D eigenvalue weighted by atomic mass is 16.3. The van der Waals surface area contributed by atoms with Crippen LogP contribution in [0.15, 0.2) is 0 Å². The predicted octanol–water partition coefficient (Wildman–Crippen LogP) is 0.489. The van der Waals surface area contributed by atoms with Crippen LogP contribution in [0.4, 0.5) is 0 Å². The number of carbonyl (C=O) groups is 1. The Bertz CT molecular complexity index is 213. The first-order valence-corrected chi connectivity index (χ1v) is 5.71. The maximum atomic E-state index is 11.7. The van der Waals surface area contributed by atoms with E-state index in [-0.39, 0.29) is 18.1 Å². The molecule has 1 aliphatic carbocycles. The van der Waals surface area contributed by atoms with Crippen molar-refractivity contribution in [3.63, 3.8) is 0 Å². The molecule has 0 radical (unpaired) electrons. The van der Waals surface area contributed by atoms with Gasteiger partial charge in [0.15, 0.2) is 0 Å². The molecule has 0 aromatic rings. The zero-order chi connectivity index (χ0) is 11.3. The molecule has 0 heterocycles. The largest absolute Gasteiger partial charge is 0.395 e. The molecule has 88 valence electrons. The maximum absolute atomic E-state index is 11.7. The summed E-state index contributed by atoms with van der Waals surface area (Å²) in [4.78, 5) is 13.3. The summed E-state index contributed by atoms with van der Waals surface area (Å²) in [5, 5.41) is 8.73. The number of aliphatic hydroxyl groups excluding tert-OH is 1. The molecule has 0 aromatic carbocycles. The molecule has 1 fully saturated rings. The molecule has 1 rings (SSSR count). The minimum absolute atomic E-state index is 0.0137. The molecule has 15 heavy (non-hydrogen) atoms. The Labute approximate surface area is 91.4 Å². The quantitative estimate of drug-likeness (QED) is 0.715. The molecule has 0 atom stereocenters. The van der Waals surface area contributed by atoms with Crippen molar-refractivity contribution in [2.24, 2.45) is 5.73 Å². The van der Waals surface area contributed by atoms with Gasteiger partial charge in [-0.2, -0.15) is 0 Å². The summed E-state index contributed by atoms with van der Waals surface area (Å²) in [5.41, 5.74) is 5.89. The van der Waals surface area contributed by atoms with E-state index in [2.05, 4.69) is 0 Å². The number of carbonyl (C=O) groups excluding carboxylic acids is 1. The summed E-state index contributed by atoms with van der Waals surface area (Å²) >= 11 is 0. The van der Waals surface area contributed by atoms with Gasteiger partial charge in [0.1, 0.15) is 0 Å². The van der Waals surface area contributed by atoms with Gasteiger partial charge in [-0.1, -0.05) is 19.3 Å². The topological polar surface area (TPSA) is 66.6 Å². The highest BCUT2D eigenvalue weighted by molar-refractivity contribution is 5.77. The van der Waals surface area contributed by atoms with Gasteiger partial charge < -0.3 is 15.7 Å². The minimum atomic E-state index is -0.293. The fourth-order valence-corrected chi connectivity index (χ4v) is 2.14. The minimum Gasteiger partial charge on any atom is -0.395 e. The molecule has 1 saturated carbocycles. The van der Waals surface area contributed by atoms with E-state index in [1.54, 1.807) is 11.9 Å². The van der Waals surface area contributed by atoms with Crippen LogP contribution >= 0.6 is 0 Å². The fourth-order valence-electron chi connectivity index (χ4n) is 2.14. The number of likely N-dealkylation sites (N-methyl/N-ethyl adjacent to an activating group) is 1. The summed E-state index contributed by atoms with van der Waals surface area (Å²) in [5.74, 6) is 0.0495. The number of rotatable bonds is 4. The Hall–Kier alpha value is -0.610. The highest BCUT2D eigenvalue weighted by Crippen LogP contribution is 2.28. The SMILES string of the molecule is CN(CCO)C(=O)CC1(N)CCCCC1. The first-order chi connectivity index (χ1) is 7.07. The summed E-state index contributed by atoms with van der Waals surface area (Å²) in [6.45, 7) is 0.411. The van der Waals surface area contributed by atoms with E-state index in [0.29, 0.717) is 13.0 Å². The summed E-state index contributed by atoms with van der Waals surface area (Å²) in [6, 6.07) is 0. The lowest BCUT2D eigenvalue weighted by molar-refractivity contribution is -0.131. The van der Waals surface area contributed by atoms with Gasteiger partial charge in [-0.05, 0) is 12.8 Å². The van der Waals surface area contributed by atoms with E-state index in [1.165, 1.54) is 6.42 Å². The van der Waals surface area contributed by atoms with Crippen molar-refractivity contribution in [3.05, 3.63) is 0 Å². The first-order valence-electron chi connectivity index (χ1n) is 5.71. The van der Waals surface area contributed by atoms with Crippen molar-refractivity contribution in [3.8, 4) is 0 Å². The van der Waals surface area contributed by atoms with Crippen LogP contribution in [-0.2, 0) is 4.79 Å². The van der Waals surface area contributed by atoms with Crippen molar-refractivity contribution < 1.29 is 9.90 Å². The van der Waals surface area contributed by atoms with Gasteiger partial charge in [0.2, 0.25) is 5.91 Å². The Kier molecular flexibility index (Phi) is 4.54.